The summed E-state index contributed by atoms with van der Waals surface area (Å²) in [5.74, 6) is -0.410. The van der Waals surface area contributed by atoms with Gasteiger partial charge in [0.1, 0.15) is 5.75 Å². The van der Waals surface area contributed by atoms with Crippen LogP contribution in [-0.4, -0.2) is 52.4 Å². The second-order valence-electron chi connectivity index (χ2n) is 6.95. The molecule has 2 amide bonds. The zero-order chi connectivity index (χ0) is 21.7. The number of piperidine rings is 1. The molecule has 2 aromatic rings. The highest BCUT2D eigenvalue weighted by Gasteiger charge is 2.24. The molecule has 2 aromatic carbocycles. The van der Waals surface area contributed by atoms with Crippen LogP contribution in [0, 0.1) is 0 Å². The summed E-state index contributed by atoms with van der Waals surface area (Å²) in [6.45, 7) is 1.32. The van der Waals surface area contributed by atoms with Crippen molar-refractivity contribution >= 4 is 27.5 Å². The van der Waals surface area contributed by atoms with Crippen LogP contribution in [0.5, 0.6) is 5.75 Å². The Morgan fingerprint density at radius 1 is 1.00 bits per heavy atom. The molecule has 0 saturated carbocycles. The summed E-state index contributed by atoms with van der Waals surface area (Å²) in [4.78, 5) is 26.7. The molecule has 1 aliphatic heterocycles. The van der Waals surface area contributed by atoms with E-state index in [-0.39, 0.29) is 27.8 Å². The van der Waals surface area contributed by atoms with Gasteiger partial charge in [0.15, 0.2) is 0 Å². The summed E-state index contributed by atoms with van der Waals surface area (Å²) in [5.41, 5.74) is 0.592. The maximum absolute atomic E-state index is 13.0. The Hall–Kier alpha value is -3.07. The lowest BCUT2D eigenvalue weighted by molar-refractivity contribution is 0.0725. The van der Waals surface area contributed by atoms with E-state index in [0.717, 1.165) is 19.3 Å². The summed E-state index contributed by atoms with van der Waals surface area (Å²) in [7, 11) is -1.20. The third kappa shape index (κ3) is 4.56. The number of rotatable bonds is 6. The second-order valence-corrected chi connectivity index (χ2v) is 8.63. The molecule has 2 N–H and O–H groups in total. The molecule has 1 fully saturated rings. The number of hydrogen-bond acceptors (Lipinski definition) is 5. The fourth-order valence-corrected chi connectivity index (χ4v) is 4.50. The molecule has 1 saturated heterocycles. The third-order valence-electron chi connectivity index (χ3n) is 5.00. The third-order valence-corrected chi connectivity index (χ3v) is 6.36. The lowest BCUT2D eigenvalue weighted by atomic mass is 10.1. The minimum absolute atomic E-state index is 0.0977. The zero-order valence-electron chi connectivity index (χ0n) is 17.0. The maximum atomic E-state index is 13.0. The number of carbonyl (C=O) groups excluding carboxylic acids is 2. The molecule has 0 spiro atoms. The van der Waals surface area contributed by atoms with Gasteiger partial charge in [0.25, 0.3) is 21.8 Å². The van der Waals surface area contributed by atoms with Crippen LogP contribution in [-0.2, 0) is 10.0 Å². The first-order chi connectivity index (χ1) is 14.4. The van der Waals surface area contributed by atoms with Crippen molar-refractivity contribution in [2.75, 3.05) is 32.0 Å². The van der Waals surface area contributed by atoms with Gasteiger partial charge in [-0.3, -0.25) is 14.3 Å². The maximum Gasteiger partial charge on any atom is 0.261 e. The van der Waals surface area contributed by atoms with Gasteiger partial charge in [-0.1, -0.05) is 12.1 Å². The van der Waals surface area contributed by atoms with Gasteiger partial charge in [-0.2, -0.15) is 0 Å². The predicted octanol–water partition coefficient (Wildman–Crippen LogP) is 2.48. The van der Waals surface area contributed by atoms with Crippen molar-refractivity contribution in [1.82, 2.24) is 10.2 Å². The van der Waals surface area contributed by atoms with Crippen LogP contribution < -0.4 is 14.8 Å². The van der Waals surface area contributed by atoms with Gasteiger partial charge >= 0.3 is 0 Å². The molecular weight excluding hydrogens is 406 g/mol. The van der Waals surface area contributed by atoms with Gasteiger partial charge in [0.2, 0.25) is 0 Å². The van der Waals surface area contributed by atoms with Crippen molar-refractivity contribution in [3.8, 4) is 5.75 Å². The van der Waals surface area contributed by atoms with E-state index in [1.54, 1.807) is 29.2 Å². The predicted molar refractivity (Wildman–Crippen MR) is 113 cm³/mol. The molecule has 9 heteroatoms. The van der Waals surface area contributed by atoms with Gasteiger partial charge in [-0.25, -0.2) is 8.42 Å². The SMILES string of the molecule is CNC(=O)c1cc(S(=O)(=O)Nc2ccccc2C(=O)N2CCCCC2)ccc1OC. The number of methoxy groups -OCH3 is 1. The monoisotopic (exact) mass is 431 g/mol. The molecule has 0 radical (unpaired) electrons. The van der Waals surface area contributed by atoms with Crippen molar-refractivity contribution < 1.29 is 22.7 Å². The van der Waals surface area contributed by atoms with Crippen molar-refractivity contribution in [2.45, 2.75) is 24.2 Å². The molecule has 1 heterocycles. The number of carbonyl (C=O) groups is 2. The highest BCUT2D eigenvalue weighted by Crippen LogP contribution is 2.26. The van der Waals surface area contributed by atoms with Crippen molar-refractivity contribution in [1.29, 1.82) is 0 Å². The molecule has 1 aliphatic rings. The van der Waals surface area contributed by atoms with Crippen LogP contribution in [0.15, 0.2) is 47.4 Å². The number of amides is 2. The average Bonchev–Trinajstić information content (AvgIpc) is 2.78. The Morgan fingerprint density at radius 2 is 1.70 bits per heavy atom. The minimum Gasteiger partial charge on any atom is -0.496 e. The van der Waals surface area contributed by atoms with Crippen molar-refractivity contribution in [2.24, 2.45) is 0 Å². The molecule has 0 aromatic heterocycles. The number of hydrogen-bond donors (Lipinski definition) is 2. The van der Waals surface area contributed by atoms with E-state index in [9.17, 15) is 18.0 Å². The molecule has 0 bridgehead atoms. The normalized spacial score (nSPS) is 14.1. The number of para-hydroxylation sites is 1. The van der Waals surface area contributed by atoms with Crippen molar-refractivity contribution in [3.05, 3.63) is 53.6 Å². The van der Waals surface area contributed by atoms with E-state index < -0.39 is 15.9 Å². The van der Waals surface area contributed by atoms with E-state index in [1.807, 2.05) is 0 Å². The number of anilines is 1. The van der Waals surface area contributed by atoms with E-state index in [2.05, 4.69) is 10.0 Å². The van der Waals surface area contributed by atoms with E-state index in [0.29, 0.717) is 18.7 Å². The summed E-state index contributed by atoms with van der Waals surface area (Å²) in [5, 5.41) is 2.46. The lowest BCUT2D eigenvalue weighted by Crippen LogP contribution is -2.36. The van der Waals surface area contributed by atoms with Crippen LogP contribution in [0.4, 0.5) is 5.69 Å². The van der Waals surface area contributed by atoms with Crippen LogP contribution >= 0.6 is 0 Å². The van der Waals surface area contributed by atoms with Crippen LogP contribution in [0.1, 0.15) is 40.0 Å². The first kappa shape index (κ1) is 21.6. The Bertz CT molecular complexity index is 1050. The second kappa shape index (κ2) is 9.17. The average molecular weight is 432 g/mol. The van der Waals surface area contributed by atoms with Crippen LogP contribution in [0.2, 0.25) is 0 Å². The first-order valence-electron chi connectivity index (χ1n) is 9.68. The zero-order valence-corrected chi connectivity index (χ0v) is 17.8. The standard InChI is InChI=1S/C21H25N3O5S/c1-22-20(25)17-14-15(10-11-19(17)29-2)30(27,28)23-18-9-5-4-8-16(18)21(26)24-12-6-3-7-13-24/h4-5,8-11,14,23H,3,6-7,12-13H2,1-2H3,(H,22,25). The summed E-state index contributed by atoms with van der Waals surface area (Å²) < 4.78 is 33.7. The van der Waals surface area contributed by atoms with Gasteiger partial charge in [-0.05, 0) is 49.6 Å². The fraction of sp³-hybridized carbons (Fsp3) is 0.333. The van der Waals surface area contributed by atoms with Crippen molar-refractivity contribution in [3.63, 3.8) is 0 Å². The molecule has 0 atom stereocenters. The quantitative estimate of drug-likeness (QED) is 0.731. The smallest absolute Gasteiger partial charge is 0.261 e. The Balaban J connectivity index is 1.93. The summed E-state index contributed by atoms with van der Waals surface area (Å²) in [6.07, 6.45) is 2.96. The fourth-order valence-electron chi connectivity index (χ4n) is 3.40. The molecule has 160 valence electrons. The highest BCUT2D eigenvalue weighted by atomic mass is 32.2. The van der Waals surface area contributed by atoms with E-state index in [4.69, 9.17) is 4.74 Å². The largest absolute Gasteiger partial charge is 0.496 e. The number of nitrogens with one attached hydrogen (secondary N) is 2. The number of benzene rings is 2. The number of ether oxygens (including phenoxy) is 1. The molecule has 30 heavy (non-hydrogen) atoms. The molecule has 0 aliphatic carbocycles. The molecular formula is C21H25N3O5S. The minimum atomic E-state index is -4.05. The highest BCUT2D eigenvalue weighted by molar-refractivity contribution is 7.92. The summed E-state index contributed by atoms with van der Waals surface area (Å²) in [6, 6.07) is 10.5. The van der Waals surface area contributed by atoms with Gasteiger partial charge < -0.3 is 15.0 Å². The lowest BCUT2D eigenvalue weighted by Gasteiger charge is -2.27. The topological polar surface area (TPSA) is 105 Å². The van der Waals surface area contributed by atoms with E-state index in [1.165, 1.54) is 32.4 Å². The summed E-state index contributed by atoms with van der Waals surface area (Å²) >= 11 is 0. The number of sulfonamides is 1. The number of likely N-dealkylation sites (tertiary alicyclic amines) is 1. The van der Waals surface area contributed by atoms with E-state index >= 15 is 0 Å². The molecule has 8 nitrogen and oxygen atoms in total. The van der Waals surface area contributed by atoms with Gasteiger partial charge in [-0.15, -0.1) is 0 Å². The molecule has 3 rings (SSSR count). The Labute approximate surface area is 176 Å². The number of nitrogens with zero attached hydrogens (tertiary/aromatic N) is 1. The van der Waals surface area contributed by atoms with Gasteiger partial charge in [0.05, 0.1) is 28.8 Å². The van der Waals surface area contributed by atoms with Crippen LogP contribution in [0.3, 0.4) is 0 Å². The van der Waals surface area contributed by atoms with Crippen LogP contribution in [0.25, 0.3) is 0 Å². The first-order valence-corrected chi connectivity index (χ1v) is 11.2. The van der Waals surface area contributed by atoms with Gasteiger partial charge in [0, 0.05) is 20.1 Å². The molecule has 0 unspecified atom stereocenters. The Morgan fingerprint density at radius 3 is 2.37 bits per heavy atom. The Kier molecular flexibility index (Phi) is 6.61.